The van der Waals surface area contributed by atoms with Crippen LogP contribution in [0.3, 0.4) is 0 Å². The van der Waals surface area contributed by atoms with Gasteiger partial charge in [-0.2, -0.15) is 5.10 Å². The zero-order valence-electron chi connectivity index (χ0n) is 8.06. The third kappa shape index (κ3) is 1.39. The molecule has 5 heteroatoms. The smallest absolute Gasteiger partial charge is 0.358 e. The highest BCUT2D eigenvalue weighted by molar-refractivity contribution is 5.87. The number of fused-ring (bicyclic) bond motifs is 1. The highest BCUT2D eigenvalue weighted by Gasteiger charge is 2.21. The molecule has 1 aliphatic heterocycles. The maximum Gasteiger partial charge on any atom is 0.358 e. The van der Waals surface area contributed by atoms with E-state index in [2.05, 4.69) is 9.84 Å². The van der Waals surface area contributed by atoms with E-state index in [-0.39, 0.29) is 6.04 Å². The van der Waals surface area contributed by atoms with Crippen molar-refractivity contribution in [2.45, 2.75) is 25.4 Å². The standard InChI is InChI=1S/C9H13N3O2/c1-14-9(13)7-5-8-6(10)3-2-4-12(8)11-7/h5-6H,2-4,10H2,1H3. The van der Waals surface area contributed by atoms with Crippen LogP contribution in [-0.2, 0) is 11.3 Å². The first-order valence-corrected chi connectivity index (χ1v) is 4.64. The monoisotopic (exact) mass is 195 g/mol. The Hall–Kier alpha value is -1.36. The van der Waals surface area contributed by atoms with Gasteiger partial charge in [0.1, 0.15) is 0 Å². The molecule has 0 spiro atoms. The van der Waals surface area contributed by atoms with E-state index in [9.17, 15) is 4.79 Å². The van der Waals surface area contributed by atoms with Gasteiger partial charge in [0.05, 0.1) is 12.8 Å². The fourth-order valence-electron chi connectivity index (χ4n) is 1.72. The first kappa shape index (κ1) is 9.21. The molecule has 0 aliphatic carbocycles. The molecule has 1 atom stereocenters. The third-order valence-electron chi connectivity index (χ3n) is 2.47. The molecule has 0 amide bonds. The van der Waals surface area contributed by atoms with Crippen LogP contribution >= 0.6 is 0 Å². The molecule has 1 unspecified atom stereocenters. The summed E-state index contributed by atoms with van der Waals surface area (Å²) in [6.45, 7) is 0.833. The second-order valence-electron chi connectivity index (χ2n) is 3.42. The van der Waals surface area contributed by atoms with E-state index >= 15 is 0 Å². The number of nitrogens with two attached hydrogens (primary N) is 1. The summed E-state index contributed by atoms with van der Waals surface area (Å²) in [6, 6.07) is 1.71. The highest BCUT2D eigenvalue weighted by Crippen LogP contribution is 2.23. The first-order chi connectivity index (χ1) is 6.72. The number of aromatic nitrogens is 2. The topological polar surface area (TPSA) is 70.1 Å². The summed E-state index contributed by atoms with van der Waals surface area (Å²) in [7, 11) is 1.35. The lowest BCUT2D eigenvalue weighted by molar-refractivity contribution is 0.0593. The van der Waals surface area contributed by atoms with Gasteiger partial charge in [-0.05, 0) is 18.9 Å². The van der Waals surface area contributed by atoms with Gasteiger partial charge in [0, 0.05) is 12.6 Å². The van der Waals surface area contributed by atoms with Gasteiger partial charge in [-0.15, -0.1) is 0 Å². The van der Waals surface area contributed by atoms with Crippen LogP contribution in [0.2, 0.25) is 0 Å². The van der Waals surface area contributed by atoms with E-state index in [1.165, 1.54) is 7.11 Å². The van der Waals surface area contributed by atoms with E-state index in [0.29, 0.717) is 5.69 Å². The lowest BCUT2D eigenvalue weighted by Crippen LogP contribution is -2.21. The zero-order valence-corrected chi connectivity index (χ0v) is 8.06. The minimum Gasteiger partial charge on any atom is -0.464 e. The SMILES string of the molecule is COC(=O)c1cc2n(n1)CCCC2N. The van der Waals surface area contributed by atoms with Gasteiger partial charge in [-0.25, -0.2) is 4.79 Å². The third-order valence-corrected chi connectivity index (χ3v) is 2.47. The molecule has 1 aromatic rings. The normalized spacial score (nSPS) is 20.3. The Morgan fingerprint density at radius 2 is 2.57 bits per heavy atom. The van der Waals surface area contributed by atoms with Gasteiger partial charge in [0.15, 0.2) is 5.69 Å². The fraction of sp³-hybridized carbons (Fsp3) is 0.556. The number of rotatable bonds is 1. The molecule has 1 aliphatic rings. The minimum absolute atomic E-state index is 0.00495. The quantitative estimate of drug-likeness (QED) is 0.661. The van der Waals surface area contributed by atoms with Gasteiger partial charge in [0.2, 0.25) is 0 Å². The van der Waals surface area contributed by atoms with Crippen LogP contribution in [0.15, 0.2) is 6.07 Å². The fourth-order valence-corrected chi connectivity index (χ4v) is 1.72. The minimum atomic E-state index is -0.404. The molecule has 2 heterocycles. The van der Waals surface area contributed by atoms with Gasteiger partial charge in [0.25, 0.3) is 0 Å². The van der Waals surface area contributed by atoms with Crippen LogP contribution in [0.25, 0.3) is 0 Å². The number of aryl methyl sites for hydroxylation is 1. The Labute approximate surface area is 81.8 Å². The molecule has 1 aromatic heterocycles. The molecule has 14 heavy (non-hydrogen) atoms. The van der Waals surface area contributed by atoms with Crippen molar-refractivity contribution < 1.29 is 9.53 Å². The summed E-state index contributed by atoms with van der Waals surface area (Å²) in [5.74, 6) is -0.404. The Morgan fingerprint density at radius 1 is 1.79 bits per heavy atom. The highest BCUT2D eigenvalue weighted by atomic mass is 16.5. The maximum absolute atomic E-state index is 11.2. The number of carbonyl (C=O) groups excluding carboxylic acids is 1. The summed E-state index contributed by atoms with van der Waals surface area (Å²) in [5.41, 5.74) is 7.16. The number of methoxy groups -OCH3 is 1. The van der Waals surface area contributed by atoms with Crippen LogP contribution in [0.5, 0.6) is 0 Å². The molecule has 0 radical (unpaired) electrons. The van der Waals surface area contributed by atoms with E-state index in [4.69, 9.17) is 5.73 Å². The second-order valence-corrected chi connectivity index (χ2v) is 3.42. The number of esters is 1. The van der Waals surface area contributed by atoms with Gasteiger partial charge < -0.3 is 10.5 Å². The summed E-state index contributed by atoms with van der Waals surface area (Å²) in [6.07, 6.45) is 1.96. The van der Waals surface area contributed by atoms with Crippen molar-refractivity contribution in [3.8, 4) is 0 Å². The number of hydrogen-bond acceptors (Lipinski definition) is 4. The van der Waals surface area contributed by atoms with Crippen molar-refractivity contribution in [2.75, 3.05) is 7.11 Å². The van der Waals surface area contributed by atoms with Crippen LogP contribution in [0, 0.1) is 0 Å². The summed E-state index contributed by atoms with van der Waals surface area (Å²) >= 11 is 0. The maximum atomic E-state index is 11.2. The van der Waals surface area contributed by atoms with E-state index in [1.54, 1.807) is 10.7 Å². The Bertz CT molecular complexity index is 359. The lowest BCUT2D eigenvalue weighted by atomic mass is 10.1. The second kappa shape index (κ2) is 3.42. The summed E-state index contributed by atoms with van der Waals surface area (Å²) in [5, 5.41) is 4.13. The molecular weight excluding hydrogens is 182 g/mol. The largest absolute Gasteiger partial charge is 0.464 e. The molecule has 0 saturated carbocycles. The molecule has 0 bridgehead atoms. The summed E-state index contributed by atoms with van der Waals surface area (Å²) < 4.78 is 6.39. The van der Waals surface area contributed by atoms with Crippen LogP contribution < -0.4 is 5.73 Å². The number of hydrogen-bond donors (Lipinski definition) is 1. The lowest BCUT2D eigenvalue weighted by Gasteiger charge is -2.19. The number of nitrogens with zero attached hydrogens (tertiary/aromatic N) is 2. The Kier molecular flexibility index (Phi) is 2.25. The molecule has 0 fully saturated rings. The zero-order chi connectivity index (χ0) is 10.1. The first-order valence-electron chi connectivity index (χ1n) is 4.64. The average Bonchev–Trinajstić information content (AvgIpc) is 2.62. The van der Waals surface area contributed by atoms with Gasteiger partial charge >= 0.3 is 5.97 Å². The van der Waals surface area contributed by atoms with Crippen molar-refractivity contribution in [1.29, 1.82) is 0 Å². The van der Waals surface area contributed by atoms with Crippen molar-refractivity contribution in [3.05, 3.63) is 17.5 Å². The number of ether oxygens (including phenoxy) is 1. The Balaban J connectivity index is 2.35. The van der Waals surface area contributed by atoms with Crippen molar-refractivity contribution in [2.24, 2.45) is 5.73 Å². The van der Waals surface area contributed by atoms with Gasteiger partial charge in [-0.3, -0.25) is 4.68 Å². The molecule has 5 nitrogen and oxygen atoms in total. The van der Waals surface area contributed by atoms with E-state index in [0.717, 1.165) is 25.1 Å². The average molecular weight is 195 g/mol. The van der Waals surface area contributed by atoms with Gasteiger partial charge in [-0.1, -0.05) is 0 Å². The molecule has 2 rings (SSSR count). The van der Waals surface area contributed by atoms with Crippen LogP contribution in [0.1, 0.15) is 35.1 Å². The van der Waals surface area contributed by atoms with Crippen LogP contribution in [0.4, 0.5) is 0 Å². The predicted octanol–water partition coefficient (Wildman–Crippen LogP) is 0.463. The van der Waals surface area contributed by atoms with E-state index in [1.807, 2.05) is 0 Å². The molecular formula is C9H13N3O2. The predicted molar refractivity (Wildman–Crippen MR) is 49.7 cm³/mol. The van der Waals surface area contributed by atoms with E-state index < -0.39 is 5.97 Å². The van der Waals surface area contributed by atoms with Crippen molar-refractivity contribution >= 4 is 5.97 Å². The van der Waals surface area contributed by atoms with Crippen molar-refractivity contribution in [1.82, 2.24) is 9.78 Å². The van der Waals surface area contributed by atoms with Crippen LogP contribution in [-0.4, -0.2) is 22.9 Å². The summed E-state index contributed by atoms with van der Waals surface area (Å²) in [4.78, 5) is 11.2. The Morgan fingerprint density at radius 3 is 3.21 bits per heavy atom. The molecule has 2 N–H and O–H groups in total. The molecule has 76 valence electrons. The molecule has 0 saturated heterocycles. The molecule has 0 aromatic carbocycles. The number of carbonyl (C=O) groups is 1. The van der Waals surface area contributed by atoms with Crippen molar-refractivity contribution in [3.63, 3.8) is 0 Å².